The molecule has 34 heavy (non-hydrogen) atoms. The Kier molecular flexibility index (Phi) is 7.26. The van der Waals surface area contributed by atoms with E-state index in [0.29, 0.717) is 29.4 Å². The van der Waals surface area contributed by atoms with Crippen LogP contribution in [0, 0.1) is 11.3 Å². The minimum absolute atomic E-state index is 0.0218. The van der Waals surface area contributed by atoms with Gasteiger partial charge in [-0.15, -0.1) is 0 Å². The molecule has 4 aromatic carbocycles. The second kappa shape index (κ2) is 10.7. The molecule has 0 aliphatic carbocycles. The van der Waals surface area contributed by atoms with Crippen LogP contribution in [0.1, 0.15) is 11.1 Å². The molecule has 1 N–H and O–H groups in total. The number of hydrogen-bond donors (Lipinski definition) is 1. The maximum atomic E-state index is 12.6. The first kappa shape index (κ1) is 23.1. The van der Waals surface area contributed by atoms with Gasteiger partial charge in [-0.3, -0.25) is 4.79 Å². The van der Waals surface area contributed by atoms with Crippen molar-refractivity contribution in [2.24, 2.45) is 0 Å². The van der Waals surface area contributed by atoms with E-state index in [2.05, 4.69) is 39.4 Å². The number of methoxy groups -OCH3 is 1. The summed E-state index contributed by atoms with van der Waals surface area (Å²) in [5.41, 5.74) is 2.29. The first-order valence-corrected chi connectivity index (χ1v) is 11.3. The summed E-state index contributed by atoms with van der Waals surface area (Å²) < 4.78 is 12.4. The highest BCUT2D eigenvalue weighted by molar-refractivity contribution is 9.10. The van der Waals surface area contributed by atoms with E-state index in [0.717, 1.165) is 20.8 Å². The maximum absolute atomic E-state index is 12.6. The fraction of sp³-hybridized carbons (Fsp3) is 0.0714. The van der Waals surface area contributed by atoms with Crippen LogP contribution >= 0.6 is 15.9 Å². The summed E-state index contributed by atoms with van der Waals surface area (Å²) in [6.07, 6.45) is 1.52. The van der Waals surface area contributed by atoms with E-state index < -0.39 is 5.91 Å². The number of halogens is 1. The minimum Gasteiger partial charge on any atom is -0.493 e. The van der Waals surface area contributed by atoms with Crippen LogP contribution in [0.4, 0.5) is 5.69 Å². The number of fused-ring (bicyclic) bond motifs is 1. The molecule has 6 heteroatoms. The second-order valence-corrected chi connectivity index (χ2v) is 8.39. The van der Waals surface area contributed by atoms with Gasteiger partial charge >= 0.3 is 0 Å². The Bertz CT molecular complexity index is 1420. The van der Waals surface area contributed by atoms with Crippen molar-refractivity contribution in [3.05, 3.63) is 106 Å². The largest absolute Gasteiger partial charge is 0.493 e. The fourth-order valence-electron chi connectivity index (χ4n) is 3.55. The zero-order valence-corrected chi connectivity index (χ0v) is 20.0. The molecule has 0 spiro atoms. The molecule has 168 valence electrons. The summed E-state index contributed by atoms with van der Waals surface area (Å²) >= 11 is 3.37. The third kappa shape index (κ3) is 5.45. The van der Waals surface area contributed by atoms with Crippen molar-refractivity contribution < 1.29 is 14.3 Å². The van der Waals surface area contributed by atoms with Crippen LogP contribution in [-0.4, -0.2) is 13.0 Å². The van der Waals surface area contributed by atoms with Crippen LogP contribution in [0.2, 0.25) is 0 Å². The zero-order valence-electron chi connectivity index (χ0n) is 18.4. The molecular weight excluding hydrogens is 492 g/mol. The summed E-state index contributed by atoms with van der Waals surface area (Å²) in [7, 11) is 1.55. The lowest BCUT2D eigenvalue weighted by Crippen LogP contribution is -2.13. The maximum Gasteiger partial charge on any atom is 0.266 e. The van der Waals surface area contributed by atoms with E-state index in [9.17, 15) is 10.1 Å². The number of hydrogen-bond acceptors (Lipinski definition) is 4. The lowest BCUT2D eigenvalue weighted by molar-refractivity contribution is -0.112. The van der Waals surface area contributed by atoms with Gasteiger partial charge in [0.2, 0.25) is 0 Å². The van der Waals surface area contributed by atoms with Crippen LogP contribution in [0.25, 0.3) is 16.8 Å². The Balaban J connectivity index is 1.52. The second-order valence-electron chi connectivity index (χ2n) is 7.47. The molecule has 0 saturated heterocycles. The van der Waals surface area contributed by atoms with Gasteiger partial charge in [0.05, 0.1) is 7.11 Å². The number of nitrogens with one attached hydrogen (secondary N) is 1. The van der Waals surface area contributed by atoms with Gasteiger partial charge in [0.15, 0.2) is 11.5 Å². The lowest BCUT2D eigenvalue weighted by atomic mass is 10.1. The zero-order chi connectivity index (χ0) is 23.9. The summed E-state index contributed by atoms with van der Waals surface area (Å²) in [6.45, 7) is 0.380. The molecule has 0 radical (unpaired) electrons. The van der Waals surface area contributed by atoms with Gasteiger partial charge in [-0.25, -0.2) is 0 Å². The molecule has 0 aliphatic rings. The Labute approximate surface area is 206 Å². The molecule has 4 rings (SSSR count). The van der Waals surface area contributed by atoms with Crippen molar-refractivity contribution in [1.29, 1.82) is 5.26 Å². The first-order chi connectivity index (χ1) is 16.6. The predicted molar refractivity (Wildman–Crippen MR) is 138 cm³/mol. The summed E-state index contributed by atoms with van der Waals surface area (Å²) in [6, 6.07) is 28.7. The van der Waals surface area contributed by atoms with Gasteiger partial charge in [-0.2, -0.15) is 5.26 Å². The number of carbonyl (C=O) groups excluding carboxylic acids is 1. The normalized spacial score (nSPS) is 11.0. The van der Waals surface area contributed by atoms with Crippen molar-refractivity contribution in [2.75, 3.05) is 12.4 Å². The van der Waals surface area contributed by atoms with Gasteiger partial charge in [-0.05, 0) is 58.3 Å². The molecule has 0 aromatic heterocycles. The number of benzene rings is 4. The Morgan fingerprint density at radius 3 is 2.59 bits per heavy atom. The average Bonchev–Trinajstić information content (AvgIpc) is 2.86. The van der Waals surface area contributed by atoms with E-state index in [1.807, 2.05) is 36.4 Å². The van der Waals surface area contributed by atoms with Crippen molar-refractivity contribution in [2.45, 2.75) is 6.61 Å². The topological polar surface area (TPSA) is 71.3 Å². The molecule has 4 aromatic rings. The number of rotatable bonds is 7. The number of amides is 1. The molecule has 0 fully saturated rings. The quantitative estimate of drug-likeness (QED) is 0.220. The van der Waals surface area contributed by atoms with Gasteiger partial charge in [0.1, 0.15) is 18.2 Å². The number of nitriles is 1. The lowest BCUT2D eigenvalue weighted by Gasteiger charge is -2.13. The van der Waals surface area contributed by atoms with E-state index in [-0.39, 0.29) is 5.57 Å². The van der Waals surface area contributed by atoms with Crippen LogP contribution < -0.4 is 14.8 Å². The van der Waals surface area contributed by atoms with Crippen molar-refractivity contribution in [1.82, 2.24) is 0 Å². The standard InChI is InChI=1S/C28H21BrN2O3/c1-33-27-15-19(14-22(17-30)28(32)31-24-10-5-9-23(29)16-24)12-13-26(27)34-18-21-8-4-7-20-6-2-3-11-25(20)21/h2-16H,18H2,1H3,(H,31,32)/b22-14-. The molecule has 0 heterocycles. The van der Waals surface area contributed by atoms with E-state index in [4.69, 9.17) is 9.47 Å². The fourth-order valence-corrected chi connectivity index (χ4v) is 3.95. The molecular formula is C28H21BrN2O3. The van der Waals surface area contributed by atoms with E-state index >= 15 is 0 Å². The van der Waals surface area contributed by atoms with E-state index in [1.165, 1.54) is 6.08 Å². The van der Waals surface area contributed by atoms with E-state index in [1.54, 1.807) is 43.5 Å². The van der Waals surface area contributed by atoms with Gasteiger partial charge in [-0.1, -0.05) is 70.5 Å². The Hall–Kier alpha value is -4.08. The third-order valence-corrected chi connectivity index (χ3v) is 5.70. The van der Waals surface area contributed by atoms with Crippen LogP contribution in [-0.2, 0) is 11.4 Å². The van der Waals surface area contributed by atoms with Crippen LogP contribution in [0.3, 0.4) is 0 Å². The molecule has 0 atom stereocenters. The van der Waals surface area contributed by atoms with Gasteiger partial charge in [0.25, 0.3) is 5.91 Å². The van der Waals surface area contributed by atoms with Crippen LogP contribution in [0.5, 0.6) is 11.5 Å². The van der Waals surface area contributed by atoms with Gasteiger partial charge in [0, 0.05) is 10.2 Å². The molecule has 5 nitrogen and oxygen atoms in total. The monoisotopic (exact) mass is 512 g/mol. The third-order valence-electron chi connectivity index (χ3n) is 5.21. The highest BCUT2D eigenvalue weighted by Crippen LogP contribution is 2.30. The van der Waals surface area contributed by atoms with Gasteiger partial charge < -0.3 is 14.8 Å². The van der Waals surface area contributed by atoms with Crippen molar-refractivity contribution >= 4 is 44.4 Å². The first-order valence-electron chi connectivity index (χ1n) is 10.5. The number of anilines is 1. The molecule has 0 aliphatic heterocycles. The SMILES string of the molecule is COc1cc(/C=C(/C#N)C(=O)Nc2cccc(Br)c2)ccc1OCc1cccc2ccccc12. The smallest absolute Gasteiger partial charge is 0.266 e. The van der Waals surface area contributed by atoms with Crippen LogP contribution in [0.15, 0.2) is 95.0 Å². The van der Waals surface area contributed by atoms with Crippen molar-refractivity contribution in [3.63, 3.8) is 0 Å². The number of ether oxygens (including phenoxy) is 2. The Morgan fingerprint density at radius 1 is 1.00 bits per heavy atom. The summed E-state index contributed by atoms with van der Waals surface area (Å²) in [5.74, 6) is 0.596. The average molecular weight is 513 g/mol. The number of carbonyl (C=O) groups is 1. The summed E-state index contributed by atoms with van der Waals surface area (Å²) in [5, 5.41) is 14.5. The highest BCUT2D eigenvalue weighted by Gasteiger charge is 2.12. The number of nitrogens with zero attached hydrogens (tertiary/aromatic N) is 1. The Morgan fingerprint density at radius 2 is 1.79 bits per heavy atom. The minimum atomic E-state index is -0.490. The molecule has 0 unspecified atom stereocenters. The summed E-state index contributed by atoms with van der Waals surface area (Å²) in [4.78, 5) is 12.6. The van der Waals surface area contributed by atoms with Crippen molar-refractivity contribution in [3.8, 4) is 17.6 Å². The predicted octanol–water partition coefficient (Wildman–Crippen LogP) is 6.74. The molecule has 0 saturated carbocycles. The highest BCUT2D eigenvalue weighted by atomic mass is 79.9. The molecule has 1 amide bonds. The molecule has 0 bridgehead atoms.